The molecule has 0 bridgehead atoms. The molecule has 1 atom stereocenters. The second kappa shape index (κ2) is 17.5. The summed E-state index contributed by atoms with van der Waals surface area (Å²) in [6.45, 7) is 12.8. The first-order valence-electron chi connectivity index (χ1n) is 13.0. The van der Waals surface area contributed by atoms with Crippen molar-refractivity contribution in [2.75, 3.05) is 45.0 Å². The van der Waals surface area contributed by atoms with Gasteiger partial charge in [-0.3, -0.25) is 14.9 Å². The van der Waals surface area contributed by atoms with E-state index >= 15 is 0 Å². The van der Waals surface area contributed by atoms with Crippen LogP contribution in [0.1, 0.15) is 65.3 Å². The van der Waals surface area contributed by atoms with Crippen molar-refractivity contribution in [3.05, 3.63) is 41.4 Å². The molecule has 1 aromatic heterocycles. The summed E-state index contributed by atoms with van der Waals surface area (Å²) in [6.07, 6.45) is 6.04. The molecular weight excluding hydrogens is 472 g/mol. The first-order valence-corrected chi connectivity index (χ1v) is 13.0. The van der Waals surface area contributed by atoms with E-state index in [0.29, 0.717) is 69.3 Å². The topological polar surface area (TPSA) is 136 Å². The van der Waals surface area contributed by atoms with Gasteiger partial charge in [0.2, 0.25) is 5.91 Å². The molecule has 0 unspecified atom stereocenters. The third-order valence-corrected chi connectivity index (χ3v) is 5.94. The quantitative estimate of drug-likeness (QED) is 0.0952. The van der Waals surface area contributed by atoms with Crippen LogP contribution in [-0.2, 0) is 25.5 Å². The number of pyridine rings is 1. The minimum Gasteiger partial charge on any atom is -0.466 e. The lowest BCUT2D eigenvalue weighted by molar-refractivity contribution is -0.144. The summed E-state index contributed by atoms with van der Waals surface area (Å²) in [5.74, 6) is 5.68. The second-order valence-electron chi connectivity index (χ2n) is 8.73. The SMILES string of the molecule is C/C=C\COCNCC.CCOC(=O)C[C@H]1CCC(=O)N(c2ccc(/C(N)=C(\C)N(C)N)nc2CC)C1. The van der Waals surface area contributed by atoms with Crippen molar-refractivity contribution in [3.63, 3.8) is 0 Å². The molecule has 2 rings (SSSR count). The highest BCUT2D eigenvalue weighted by atomic mass is 16.5. The van der Waals surface area contributed by atoms with Gasteiger partial charge in [0.05, 0.1) is 54.8 Å². The molecule has 2 heterocycles. The molecule has 0 aromatic carbocycles. The van der Waals surface area contributed by atoms with Crippen LogP contribution in [0, 0.1) is 5.92 Å². The number of esters is 1. The first kappa shape index (κ1) is 32.1. The van der Waals surface area contributed by atoms with Crippen LogP contribution in [0.5, 0.6) is 0 Å². The molecule has 1 aromatic rings. The summed E-state index contributed by atoms with van der Waals surface area (Å²) in [5, 5.41) is 4.50. The van der Waals surface area contributed by atoms with E-state index in [9.17, 15) is 9.59 Å². The lowest BCUT2D eigenvalue weighted by Gasteiger charge is -2.33. The van der Waals surface area contributed by atoms with Gasteiger partial charge in [-0.25, -0.2) is 10.8 Å². The molecule has 1 fully saturated rings. The van der Waals surface area contributed by atoms with Crippen molar-refractivity contribution in [1.82, 2.24) is 15.3 Å². The molecule has 0 spiro atoms. The number of carbonyl (C=O) groups excluding carboxylic acids is 2. The zero-order chi connectivity index (χ0) is 27.8. The smallest absolute Gasteiger partial charge is 0.306 e. The number of aromatic nitrogens is 1. The van der Waals surface area contributed by atoms with Crippen molar-refractivity contribution in [3.8, 4) is 0 Å². The van der Waals surface area contributed by atoms with Crippen LogP contribution in [0.15, 0.2) is 30.0 Å². The number of hydrogen-bond acceptors (Lipinski definition) is 9. The second-order valence-corrected chi connectivity index (χ2v) is 8.73. The predicted molar refractivity (Wildman–Crippen MR) is 148 cm³/mol. The lowest BCUT2D eigenvalue weighted by atomic mass is 9.93. The van der Waals surface area contributed by atoms with E-state index in [4.69, 9.17) is 21.1 Å². The Balaban J connectivity index is 0.000000649. The average Bonchev–Trinajstić information content (AvgIpc) is 2.89. The number of hydrogen-bond donors (Lipinski definition) is 3. The van der Waals surface area contributed by atoms with Crippen molar-refractivity contribution in [1.29, 1.82) is 0 Å². The molecule has 1 aliphatic heterocycles. The van der Waals surface area contributed by atoms with Gasteiger partial charge in [-0.2, -0.15) is 0 Å². The Labute approximate surface area is 222 Å². The number of nitrogens with two attached hydrogens (primary N) is 2. The van der Waals surface area contributed by atoms with E-state index < -0.39 is 0 Å². The van der Waals surface area contributed by atoms with E-state index in [1.54, 1.807) is 24.9 Å². The third kappa shape index (κ3) is 10.9. The number of nitrogens with one attached hydrogen (secondary N) is 1. The van der Waals surface area contributed by atoms with Crippen molar-refractivity contribution < 1.29 is 19.1 Å². The molecule has 37 heavy (non-hydrogen) atoms. The van der Waals surface area contributed by atoms with Gasteiger partial charge in [0.25, 0.3) is 0 Å². The molecule has 1 amide bonds. The summed E-state index contributed by atoms with van der Waals surface area (Å²) in [6, 6.07) is 3.68. The zero-order valence-corrected chi connectivity index (χ0v) is 23.4. The number of hydrazine groups is 1. The summed E-state index contributed by atoms with van der Waals surface area (Å²) in [4.78, 5) is 30.8. The van der Waals surface area contributed by atoms with E-state index in [1.807, 2.05) is 39.0 Å². The highest BCUT2D eigenvalue weighted by Gasteiger charge is 2.30. The third-order valence-electron chi connectivity index (χ3n) is 5.94. The maximum Gasteiger partial charge on any atom is 0.306 e. The van der Waals surface area contributed by atoms with E-state index in [-0.39, 0.29) is 17.8 Å². The van der Waals surface area contributed by atoms with Gasteiger partial charge in [0.1, 0.15) is 0 Å². The summed E-state index contributed by atoms with van der Waals surface area (Å²) < 4.78 is 10.2. The summed E-state index contributed by atoms with van der Waals surface area (Å²) >= 11 is 0. The number of anilines is 1. The predicted octanol–water partition coefficient (Wildman–Crippen LogP) is 2.94. The van der Waals surface area contributed by atoms with E-state index in [2.05, 4.69) is 17.2 Å². The summed E-state index contributed by atoms with van der Waals surface area (Å²) in [7, 11) is 1.72. The number of piperidine rings is 1. The average molecular weight is 519 g/mol. The van der Waals surface area contributed by atoms with Gasteiger partial charge in [-0.05, 0) is 58.2 Å². The van der Waals surface area contributed by atoms with E-state index in [1.165, 1.54) is 5.01 Å². The van der Waals surface area contributed by atoms with Gasteiger partial charge >= 0.3 is 5.97 Å². The van der Waals surface area contributed by atoms with Gasteiger partial charge in [0, 0.05) is 20.0 Å². The number of allylic oxidation sites excluding steroid dienone is 2. The van der Waals surface area contributed by atoms with Crippen LogP contribution in [0.25, 0.3) is 5.70 Å². The van der Waals surface area contributed by atoms with Crippen LogP contribution >= 0.6 is 0 Å². The van der Waals surface area contributed by atoms with Crippen LogP contribution in [0.3, 0.4) is 0 Å². The highest BCUT2D eigenvalue weighted by Crippen LogP contribution is 2.29. The molecule has 5 N–H and O–H groups in total. The van der Waals surface area contributed by atoms with Gasteiger partial charge in [0.15, 0.2) is 0 Å². The number of amides is 1. The van der Waals surface area contributed by atoms with Gasteiger partial charge in [-0.1, -0.05) is 26.0 Å². The van der Waals surface area contributed by atoms with Crippen LogP contribution in [0.4, 0.5) is 5.69 Å². The molecule has 10 nitrogen and oxygen atoms in total. The molecule has 0 saturated carbocycles. The molecule has 1 aliphatic rings. The Hall–Kier alpha value is -2.95. The zero-order valence-electron chi connectivity index (χ0n) is 23.4. The Morgan fingerprint density at radius 3 is 2.65 bits per heavy atom. The minimum atomic E-state index is -0.217. The normalized spacial score (nSPS) is 16.2. The van der Waals surface area contributed by atoms with Crippen molar-refractivity contribution >= 4 is 23.3 Å². The van der Waals surface area contributed by atoms with Gasteiger partial charge < -0.3 is 25.1 Å². The fourth-order valence-corrected chi connectivity index (χ4v) is 3.69. The molecule has 0 radical (unpaired) electrons. The van der Waals surface area contributed by atoms with Crippen molar-refractivity contribution in [2.45, 2.75) is 60.3 Å². The fourth-order valence-electron chi connectivity index (χ4n) is 3.69. The van der Waals surface area contributed by atoms with Crippen molar-refractivity contribution in [2.24, 2.45) is 17.5 Å². The van der Waals surface area contributed by atoms with Gasteiger partial charge in [-0.15, -0.1) is 0 Å². The maximum atomic E-state index is 12.6. The number of ether oxygens (including phenoxy) is 2. The molecule has 10 heteroatoms. The maximum absolute atomic E-state index is 12.6. The number of aryl methyl sites for hydroxylation is 1. The van der Waals surface area contributed by atoms with E-state index in [0.717, 1.165) is 17.9 Å². The Bertz CT molecular complexity index is 916. The first-order chi connectivity index (χ1) is 17.7. The Kier molecular flexibility index (Phi) is 15.2. The largest absolute Gasteiger partial charge is 0.466 e. The van der Waals surface area contributed by atoms with Crippen LogP contribution < -0.4 is 21.8 Å². The lowest BCUT2D eigenvalue weighted by Crippen LogP contribution is -2.41. The Morgan fingerprint density at radius 1 is 1.32 bits per heavy atom. The Morgan fingerprint density at radius 2 is 2.05 bits per heavy atom. The highest BCUT2D eigenvalue weighted by molar-refractivity contribution is 5.95. The number of rotatable bonds is 12. The monoisotopic (exact) mass is 518 g/mol. The van der Waals surface area contributed by atoms with Crippen LogP contribution in [0.2, 0.25) is 0 Å². The molecular formula is C27H46N6O4. The molecule has 0 aliphatic carbocycles. The van der Waals surface area contributed by atoms with Crippen LogP contribution in [-0.4, -0.2) is 62.0 Å². The molecule has 1 saturated heterocycles. The molecule has 208 valence electrons. The minimum absolute atomic E-state index is 0.0470. The number of nitrogens with zero attached hydrogens (tertiary/aromatic N) is 3. The standard InChI is InChI=1S/C20H31N5O3.C7H15NO/c1-5-15-17(9-8-16(23-15)20(21)13(3)24(4)22)25-12-14(7-10-18(25)26)11-19(27)28-6-2;1-3-5-6-9-7-8-4-2/h8-9,14H,5-7,10-12,21-22H2,1-4H3;3,5,8H,4,6-7H2,1-2H3/b20-13-;5-3-/t14-;/m1./s1. The summed E-state index contributed by atoms with van der Waals surface area (Å²) in [5.41, 5.74) is 9.59. The fraction of sp³-hybridized carbons (Fsp3) is 0.593. The number of carbonyl (C=O) groups is 2.